The van der Waals surface area contributed by atoms with E-state index in [-0.39, 0.29) is 0 Å². The second-order valence-electron chi connectivity index (χ2n) is 7.77. The average molecular weight is 281 g/mol. The molecule has 20 heavy (non-hydrogen) atoms. The first-order chi connectivity index (χ1) is 9.57. The predicted octanol–water partition coefficient (Wildman–Crippen LogP) is 4.06. The summed E-state index contributed by atoms with van der Waals surface area (Å²) < 4.78 is 0. The highest BCUT2D eigenvalue weighted by molar-refractivity contribution is 5.04. The summed E-state index contributed by atoms with van der Waals surface area (Å²) in [5.41, 5.74) is 0.398. The summed E-state index contributed by atoms with van der Waals surface area (Å²) in [6.45, 7) is 13.3. The Bertz CT molecular complexity index is 285. The van der Waals surface area contributed by atoms with Gasteiger partial charge in [0.15, 0.2) is 0 Å². The molecule has 0 bridgehead atoms. The number of unbranched alkanes of at least 4 members (excludes halogenated alkanes) is 4. The molecule has 1 aliphatic carbocycles. The minimum Gasteiger partial charge on any atom is -0.308 e. The monoisotopic (exact) mass is 280 g/mol. The topological polar surface area (TPSA) is 15.3 Å². The highest BCUT2D eigenvalue weighted by Crippen LogP contribution is 2.41. The number of hydrogen-bond donors (Lipinski definition) is 1. The van der Waals surface area contributed by atoms with Crippen LogP contribution in [-0.4, -0.2) is 36.1 Å². The van der Waals surface area contributed by atoms with Crippen molar-refractivity contribution < 1.29 is 0 Å². The maximum Gasteiger partial charge on any atom is 0.0309 e. The molecule has 2 heteroatoms. The minimum atomic E-state index is 0.398. The van der Waals surface area contributed by atoms with Crippen molar-refractivity contribution in [1.82, 2.24) is 10.2 Å². The van der Waals surface area contributed by atoms with Crippen molar-refractivity contribution in [2.45, 2.75) is 84.2 Å². The Balaban J connectivity index is 1.83. The zero-order valence-corrected chi connectivity index (χ0v) is 14.3. The molecule has 118 valence electrons. The Kier molecular flexibility index (Phi) is 5.92. The summed E-state index contributed by atoms with van der Waals surface area (Å²) in [6.07, 6.45) is 9.89. The quantitative estimate of drug-likeness (QED) is 0.675. The van der Waals surface area contributed by atoms with E-state index in [0.717, 1.165) is 17.9 Å². The van der Waals surface area contributed by atoms with Gasteiger partial charge in [-0.05, 0) is 44.6 Å². The molecule has 2 atom stereocenters. The molecular weight excluding hydrogens is 244 g/mol. The molecule has 1 N–H and O–H groups in total. The van der Waals surface area contributed by atoms with Crippen molar-refractivity contribution >= 4 is 0 Å². The smallest absolute Gasteiger partial charge is 0.0309 e. The third-order valence-corrected chi connectivity index (χ3v) is 5.51. The Morgan fingerprint density at radius 1 is 1.15 bits per heavy atom. The molecule has 2 fully saturated rings. The van der Waals surface area contributed by atoms with E-state index in [4.69, 9.17) is 0 Å². The minimum absolute atomic E-state index is 0.398. The summed E-state index contributed by atoms with van der Waals surface area (Å²) in [5.74, 6) is 1.71. The molecule has 2 aliphatic rings. The first-order valence-corrected chi connectivity index (χ1v) is 9.06. The van der Waals surface area contributed by atoms with Gasteiger partial charge in [0.05, 0.1) is 0 Å². The molecule has 0 aromatic heterocycles. The van der Waals surface area contributed by atoms with Gasteiger partial charge in [-0.25, -0.2) is 0 Å². The van der Waals surface area contributed by atoms with E-state index in [9.17, 15) is 0 Å². The van der Waals surface area contributed by atoms with Crippen molar-refractivity contribution in [3.05, 3.63) is 0 Å². The normalized spacial score (nSPS) is 31.9. The van der Waals surface area contributed by atoms with Gasteiger partial charge in [0, 0.05) is 24.7 Å². The SMILES string of the molecule is CCCCCCCN1CC(C)(C2CC2)NCC1C(C)C. The molecule has 1 heterocycles. The zero-order chi connectivity index (χ0) is 14.6. The number of rotatable bonds is 8. The van der Waals surface area contributed by atoms with E-state index in [1.807, 2.05) is 0 Å². The first-order valence-electron chi connectivity index (χ1n) is 9.06. The molecule has 1 saturated heterocycles. The summed E-state index contributed by atoms with van der Waals surface area (Å²) >= 11 is 0. The summed E-state index contributed by atoms with van der Waals surface area (Å²) in [6, 6.07) is 0.744. The lowest BCUT2D eigenvalue weighted by Crippen LogP contribution is -2.65. The summed E-state index contributed by atoms with van der Waals surface area (Å²) in [4.78, 5) is 2.81. The van der Waals surface area contributed by atoms with Gasteiger partial charge in [-0.1, -0.05) is 46.5 Å². The molecule has 2 rings (SSSR count). The van der Waals surface area contributed by atoms with Gasteiger partial charge in [0.25, 0.3) is 0 Å². The number of nitrogens with one attached hydrogen (secondary N) is 1. The van der Waals surface area contributed by atoms with Crippen LogP contribution in [-0.2, 0) is 0 Å². The van der Waals surface area contributed by atoms with Crippen molar-refractivity contribution in [2.24, 2.45) is 11.8 Å². The largest absolute Gasteiger partial charge is 0.308 e. The summed E-state index contributed by atoms with van der Waals surface area (Å²) in [5, 5.41) is 3.89. The van der Waals surface area contributed by atoms with Gasteiger partial charge >= 0.3 is 0 Å². The van der Waals surface area contributed by atoms with Crippen LogP contribution in [0.1, 0.15) is 72.6 Å². The fourth-order valence-corrected chi connectivity index (χ4v) is 3.88. The molecule has 0 amide bonds. The van der Waals surface area contributed by atoms with Crippen molar-refractivity contribution in [3.63, 3.8) is 0 Å². The summed E-state index contributed by atoms with van der Waals surface area (Å²) in [7, 11) is 0. The second-order valence-corrected chi connectivity index (χ2v) is 7.77. The third-order valence-electron chi connectivity index (χ3n) is 5.51. The molecule has 2 unspecified atom stereocenters. The molecule has 0 aromatic carbocycles. The van der Waals surface area contributed by atoms with Crippen LogP contribution in [0.15, 0.2) is 0 Å². The van der Waals surface area contributed by atoms with E-state index in [1.54, 1.807) is 0 Å². The van der Waals surface area contributed by atoms with E-state index in [1.165, 1.54) is 64.6 Å². The van der Waals surface area contributed by atoms with Gasteiger partial charge in [0.2, 0.25) is 0 Å². The second kappa shape index (κ2) is 7.26. The van der Waals surface area contributed by atoms with Crippen molar-refractivity contribution in [1.29, 1.82) is 0 Å². The van der Waals surface area contributed by atoms with Crippen LogP contribution in [0.25, 0.3) is 0 Å². The van der Waals surface area contributed by atoms with Gasteiger partial charge in [-0.3, -0.25) is 4.90 Å². The van der Waals surface area contributed by atoms with E-state index in [0.29, 0.717) is 5.54 Å². The Morgan fingerprint density at radius 2 is 1.85 bits per heavy atom. The number of piperazine rings is 1. The Labute approximate surface area is 126 Å². The van der Waals surface area contributed by atoms with Crippen LogP contribution in [0.3, 0.4) is 0 Å². The standard InChI is InChI=1S/C18H36N2/c1-5-6-7-8-9-12-20-14-18(4,16-10-11-16)19-13-17(20)15(2)3/h15-17,19H,5-14H2,1-4H3. The molecule has 2 nitrogen and oxygen atoms in total. The van der Waals surface area contributed by atoms with Crippen LogP contribution in [0.5, 0.6) is 0 Å². The first kappa shape index (κ1) is 16.3. The zero-order valence-electron chi connectivity index (χ0n) is 14.3. The highest BCUT2D eigenvalue weighted by atomic mass is 15.3. The molecule has 0 radical (unpaired) electrons. The highest BCUT2D eigenvalue weighted by Gasteiger charge is 2.46. The van der Waals surface area contributed by atoms with E-state index < -0.39 is 0 Å². The van der Waals surface area contributed by atoms with Crippen LogP contribution in [0, 0.1) is 11.8 Å². The molecule has 1 saturated carbocycles. The van der Waals surface area contributed by atoms with E-state index >= 15 is 0 Å². The Morgan fingerprint density at radius 3 is 2.45 bits per heavy atom. The third kappa shape index (κ3) is 4.21. The number of hydrogen-bond acceptors (Lipinski definition) is 2. The lowest BCUT2D eigenvalue weighted by molar-refractivity contribution is 0.0510. The van der Waals surface area contributed by atoms with E-state index in [2.05, 4.69) is 37.9 Å². The molecule has 1 aliphatic heterocycles. The number of nitrogens with zero attached hydrogens (tertiary/aromatic N) is 1. The predicted molar refractivity (Wildman–Crippen MR) is 88.1 cm³/mol. The lowest BCUT2D eigenvalue weighted by Gasteiger charge is -2.48. The van der Waals surface area contributed by atoms with Crippen LogP contribution in [0.2, 0.25) is 0 Å². The molecule has 0 spiro atoms. The van der Waals surface area contributed by atoms with Crippen molar-refractivity contribution in [3.8, 4) is 0 Å². The maximum atomic E-state index is 3.89. The lowest BCUT2D eigenvalue weighted by atomic mass is 9.88. The maximum absolute atomic E-state index is 3.89. The van der Waals surface area contributed by atoms with Gasteiger partial charge in [0.1, 0.15) is 0 Å². The molecule has 0 aromatic rings. The van der Waals surface area contributed by atoms with Crippen molar-refractivity contribution in [2.75, 3.05) is 19.6 Å². The molecular formula is C18H36N2. The van der Waals surface area contributed by atoms with Crippen LogP contribution >= 0.6 is 0 Å². The average Bonchev–Trinajstić information content (AvgIpc) is 3.23. The van der Waals surface area contributed by atoms with Crippen LogP contribution in [0.4, 0.5) is 0 Å². The fraction of sp³-hybridized carbons (Fsp3) is 1.00. The van der Waals surface area contributed by atoms with Gasteiger partial charge in [-0.2, -0.15) is 0 Å². The van der Waals surface area contributed by atoms with Crippen LogP contribution < -0.4 is 5.32 Å². The Hall–Kier alpha value is -0.0800. The van der Waals surface area contributed by atoms with Gasteiger partial charge < -0.3 is 5.32 Å². The fourth-order valence-electron chi connectivity index (χ4n) is 3.88. The van der Waals surface area contributed by atoms with Gasteiger partial charge in [-0.15, -0.1) is 0 Å².